The first-order valence-corrected chi connectivity index (χ1v) is 6.62. The Morgan fingerprint density at radius 3 is 2.94 bits per heavy atom. The van der Waals surface area contributed by atoms with Crippen molar-refractivity contribution in [2.24, 2.45) is 5.92 Å². The van der Waals surface area contributed by atoms with E-state index in [4.69, 9.17) is 23.2 Å². The van der Waals surface area contributed by atoms with Gasteiger partial charge in [0.05, 0.1) is 16.6 Å². The van der Waals surface area contributed by atoms with Crippen LogP contribution in [0, 0.1) is 5.92 Å². The third kappa shape index (κ3) is 2.44. The summed E-state index contributed by atoms with van der Waals surface area (Å²) in [6.45, 7) is 4.44. The number of halogens is 2. The average molecular weight is 259 g/mol. The molecule has 1 unspecified atom stereocenters. The summed E-state index contributed by atoms with van der Waals surface area (Å²) in [6.07, 6.45) is 2.50. The molecule has 2 heterocycles. The molecule has 1 aromatic heterocycles. The van der Waals surface area contributed by atoms with E-state index in [9.17, 15) is 0 Å². The van der Waals surface area contributed by atoms with E-state index in [1.54, 1.807) is 0 Å². The summed E-state index contributed by atoms with van der Waals surface area (Å²) >= 11 is 11.8. The van der Waals surface area contributed by atoms with Crippen molar-refractivity contribution in [2.45, 2.75) is 25.6 Å². The molecular formula is C12H16Cl2N2. The minimum absolute atomic E-state index is 0.373. The van der Waals surface area contributed by atoms with Gasteiger partial charge in [0, 0.05) is 13.1 Å². The Morgan fingerprint density at radius 1 is 1.50 bits per heavy atom. The van der Waals surface area contributed by atoms with Crippen LogP contribution >= 0.6 is 23.2 Å². The average Bonchev–Trinajstić information content (AvgIpc) is 2.78. The minimum atomic E-state index is 0.373. The Morgan fingerprint density at radius 2 is 2.31 bits per heavy atom. The quantitative estimate of drug-likeness (QED) is 0.769. The van der Waals surface area contributed by atoms with Crippen molar-refractivity contribution in [2.75, 3.05) is 18.0 Å². The maximum Gasteiger partial charge on any atom is 0.128 e. The first-order valence-electron chi connectivity index (χ1n) is 5.71. The van der Waals surface area contributed by atoms with Gasteiger partial charge in [-0.15, -0.1) is 11.6 Å². The molecule has 0 amide bonds. The number of hydrogen-bond donors (Lipinski definition) is 0. The van der Waals surface area contributed by atoms with E-state index in [-0.39, 0.29) is 0 Å². The number of hydrogen-bond acceptors (Lipinski definition) is 2. The third-order valence-electron chi connectivity index (χ3n) is 3.22. The van der Waals surface area contributed by atoms with Gasteiger partial charge in [0.15, 0.2) is 0 Å². The fourth-order valence-electron chi connectivity index (χ4n) is 2.12. The highest BCUT2D eigenvalue weighted by Gasteiger charge is 2.22. The molecule has 88 valence electrons. The Bertz CT molecular complexity index is 368. The van der Waals surface area contributed by atoms with Crippen LogP contribution in [-0.4, -0.2) is 18.1 Å². The number of aromatic nitrogens is 1. The normalized spacial score (nSPS) is 20.4. The van der Waals surface area contributed by atoms with E-state index >= 15 is 0 Å². The first-order chi connectivity index (χ1) is 7.74. The number of pyridine rings is 1. The van der Waals surface area contributed by atoms with Crippen molar-refractivity contribution < 1.29 is 0 Å². The standard InChI is InChI=1S/C12H16Cl2N2/c1-2-9-5-6-16(8-9)12-4-3-10(14)11(7-13)15-12/h3-4,9H,2,5-8H2,1H3. The zero-order chi connectivity index (χ0) is 11.5. The Labute approximate surface area is 107 Å². The second-order valence-electron chi connectivity index (χ2n) is 4.24. The van der Waals surface area contributed by atoms with Gasteiger partial charge in [-0.25, -0.2) is 4.98 Å². The van der Waals surface area contributed by atoms with E-state index in [1.807, 2.05) is 12.1 Å². The first kappa shape index (κ1) is 12.0. The number of anilines is 1. The summed E-state index contributed by atoms with van der Waals surface area (Å²) in [5, 5.41) is 0.657. The van der Waals surface area contributed by atoms with Gasteiger partial charge in [-0.3, -0.25) is 0 Å². The van der Waals surface area contributed by atoms with E-state index in [2.05, 4.69) is 16.8 Å². The molecule has 2 rings (SSSR count). The molecule has 1 atom stereocenters. The van der Waals surface area contributed by atoms with Gasteiger partial charge in [0.1, 0.15) is 5.82 Å². The SMILES string of the molecule is CCC1CCN(c2ccc(Cl)c(CCl)n2)C1. The van der Waals surface area contributed by atoms with Crippen molar-refractivity contribution in [1.29, 1.82) is 0 Å². The lowest BCUT2D eigenvalue weighted by molar-refractivity contribution is 0.568. The van der Waals surface area contributed by atoms with Crippen LogP contribution in [0.4, 0.5) is 5.82 Å². The van der Waals surface area contributed by atoms with Crippen LogP contribution in [0.25, 0.3) is 0 Å². The van der Waals surface area contributed by atoms with E-state index in [0.717, 1.165) is 30.5 Å². The van der Waals surface area contributed by atoms with E-state index < -0.39 is 0 Å². The maximum atomic E-state index is 5.99. The van der Waals surface area contributed by atoms with Crippen LogP contribution in [-0.2, 0) is 5.88 Å². The molecule has 0 aromatic carbocycles. The molecule has 1 saturated heterocycles. The molecule has 2 nitrogen and oxygen atoms in total. The molecule has 0 spiro atoms. The molecule has 16 heavy (non-hydrogen) atoms. The van der Waals surface area contributed by atoms with Crippen LogP contribution in [0.2, 0.25) is 5.02 Å². The zero-order valence-corrected chi connectivity index (χ0v) is 10.9. The van der Waals surface area contributed by atoms with Crippen molar-refractivity contribution in [1.82, 2.24) is 4.98 Å². The molecule has 0 aliphatic carbocycles. The van der Waals surface area contributed by atoms with E-state index in [1.165, 1.54) is 12.8 Å². The predicted octanol–water partition coefficient (Wildman–Crippen LogP) is 3.71. The lowest BCUT2D eigenvalue weighted by atomic mass is 10.1. The fourth-order valence-corrected chi connectivity index (χ4v) is 2.56. The number of alkyl halides is 1. The summed E-state index contributed by atoms with van der Waals surface area (Å²) in [4.78, 5) is 6.82. The Balaban J connectivity index is 2.15. The van der Waals surface area contributed by atoms with Crippen LogP contribution in [0.15, 0.2) is 12.1 Å². The highest BCUT2D eigenvalue weighted by Crippen LogP contribution is 2.26. The molecule has 1 aliphatic heterocycles. The number of rotatable bonds is 3. The second-order valence-corrected chi connectivity index (χ2v) is 4.92. The Kier molecular flexibility index (Phi) is 3.93. The maximum absolute atomic E-state index is 5.99. The zero-order valence-electron chi connectivity index (χ0n) is 9.42. The highest BCUT2D eigenvalue weighted by atomic mass is 35.5. The fraction of sp³-hybridized carbons (Fsp3) is 0.583. The van der Waals surface area contributed by atoms with E-state index in [0.29, 0.717) is 10.9 Å². The predicted molar refractivity (Wildman–Crippen MR) is 69.4 cm³/mol. The summed E-state index contributed by atoms with van der Waals surface area (Å²) in [5.41, 5.74) is 0.779. The number of nitrogens with zero attached hydrogens (tertiary/aromatic N) is 2. The van der Waals surface area contributed by atoms with Gasteiger partial charge in [-0.2, -0.15) is 0 Å². The topological polar surface area (TPSA) is 16.1 Å². The van der Waals surface area contributed by atoms with Crippen LogP contribution in [0.1, 0.15) is 25.5 Å². The smallest absolute Gasteiger partial charge is 0.128 e. The van der Waals surface area contributed by atoms with Crippen molar-refractivity contribution in [3.63, 3.8) is 0 Å². The molecule has 0 saturated carbocycles. The lowest BCUT2D eigenvalue weighted by Gasteiger charge is -2.18. The Hall–Kier alpha value is -0.470. The van der Waals surface area contributed by atoms with Crippen LogP contribution in [0.5, 0.6) is 0 Å². The summed E-state index contributed by atoms with van der Waals surface area (Å²) in [6, 6.07) is 3.87. The monoisotopic (exact) mass is 258 g/mol. The van der Waals surface area contributed by atoms with Crippen molar-refractivity contribution in [3.8, 4) is 0 Å². The molecule has 1 aliphatic rings. The molecular weight excluding hydrogens is 243 g/mol. The van der Waals surface area contributed by atoms with Gasteiger partial charge in [-0.1, -0.05) is 24.9 Å². The summed E-state index contributed by atoms with van der Waals surface area (Å²) < 4.78 is 0. The molecule has 4 heteroatoms. The molecule has 0 N–H and O–H groups in total. The van der Waals surface area contributed by atoms with Crippen LogP contribution < -0.4 is 4.90 Å². The second kappa shape index (κ2) is 5.24. The minimum Gasteiger partial charge on any atom is -0.356 e. The van der Waals surface area contributed by atoms with Crippen molar-refractivity contribution >= 4 is 29.0 Å². The lowest BCUT2D eigenvalue weighted by Crippen LogP contribution is -2.21. The van der Waals surface area contributed by atoms with Crippen LogP contribution in [0.3, 0.4) is 0 Å². The largest absolute Gasteiger partial charge is 0.356 e. The summed E-state index contributed by atoms with van der Waals surface area (Å²) in [7, 11) is 0. The summed E-state index contributed by atoms with van der Waals surface area (Å²) in [5.74, 6) is 2.19. The van der Waals surface area contributed by atoms with Gasteiger partial charge >= 0.3 is 0 Å². The highest BCUT2D eigenvalue weighted by molar-refractivity contribution is 6.32. The van der Waals surface area contributed by atoms with Gasteiger partial charge in [0.2, 0.25) is 0 Å². The molecule has 1 aromatic rings. The molecule has 0 radical (unpaired) electrons. The third-order valence-corrected chi connectivity index (χ3v) is 3.81. The van der Waals surface area contributed by atoms with Gasteiger partial charge in [0.25, 0.3) is 0 Å². The van der Waals surface area contributed by atoms with Gasteiger partial charge in [-0.05, 0) is 24.5 Å². The molecule has 1 fully saturated rings. The van der Waals surface area contributed by atoms with Gasteiger partial charge < -0.3 is 4.90 Å². The molecule has 0 bridgehead atoms. The van der Waals surface area contributed by atoms with Crippen molar-refractivity contribution in [3.05, 3.63) is 22.8 Å².